The van der Waals surface area contributed by atoms with Crippen LogP contribution in [0.2, 0.25) is 0 Å². The van der Waals surface area contributed by atoms with Gasteiger partial charge in [-0.05, 0) is 29.4 Å². The molecule has 1 N–H and O–H groups in total. The predicted molar refractivity (Wildman–Crippen MR) is 79.2 cm³/mol. The van der Waals surface area contributed by atoms with Crippen LogP contribution in [0, 0.1) is 11.6 Å². The van der Waals surface area contributed by atoms with Gasteiger partial charge in [0.2, 0.25) is 5.91 Å². The molecule has 0 unspecified atom stereocenters. The van der Waals surface area contributed by atoms with Crippen molar-refractivity contribution in [1.82, 2.24) is 5.32 Å². The molecule has 0 saturated carbocycles. The fraction of sp³-hybridized carbons (Fsp3) is 0.533. The van der Waals surface area contributed by atoms with E-state index in [1.807, 2.05) is 13.8 Å². The monoisotopic (exact) mass is 315 g/mol. The minimum absolute atomic E-state index is 0.0585. The summed E-state index contributed by atoms with van der Waals surface area (Å²) in [5.74, 6) is -1.45. The van der Waals surface area contributed by atoms with Gasteiger partial charge >= 0.3 is 0 Å². The number of hydrogen-bond acceptors (Lipinski definition) is 3. The molecule has 0 aromatic heterocycles. The van der Waals surface area contributed by atoms with Gasteiger partial charge in [0, 0.05) is 6.61 Å². The lowest BCUT2D eigenvalue weighted by molar-refractivity contribution is -0.119. The van der Waals surface area contributed by atoms with Crippen LogP contribution in [0.4, 0.5) is 8.78 Å². The fourth-order valence-electron chi connectivity index (χ4n) is 2.25. The number of carbonyl (C=O) groups excluding carboxylic acids is 1. The molecule has 21 heavy (non-hydrogen) atoms. The van der Waals surface area contributed by atoms with E-state index in [1.54, 1.807) is 11.8 Å². The number of carbonyl (C=O) groups is 1. The Hall–Kier alpha value is -1.14. The highest BCUT2D eigenvalue weighted by Crippen LogP contribution is 2.30. The van der Waals surface area contributed by atoms with E-state index in [9.17, 15) is 13.6 Å². The van der Waals surface area contributed by atoms with Gasteiger partial charge in [-0.15, -0.1) is 11.8 Å². The molecule has 1 aliphatic rings. The topological polar surface area (TPSA) is 38.3 Å². The molecule has 1 fully saturated rings. The maximum absolute atomic E-state index is 13.3. The Morgan fingerprint density at radius 1 is 1.43 bits per heavy atom. The molecule has 3 nitrogen and oxygen atoms in total. The first kappa shape index (κ1) is 16.2. The summed E-state index contributed by atoms with van der Waals surface area (Å²) >= 11 is 1.56. The minimum atomic E-state index is -0.900. The van der Waals surface area contributed by atoms with Crippen LogP contribution in [0.15, 0.2) is 18.2 Å². The van der Waals surface area contributed by atoms with Crippen molar-refractivity contribution in [2.45, 2.75) is 37.7 Å². The van der Waals surface area contributed by atoms with Gasteiger partial charge in [-0.3, -0.25) is 4.79 Å². The standard InChI is InChI=1S/C15H19F2NO2S/c1-9(2)21-8-14(19)18-13-5-6-20-15(13)10-3-4-11(16)12(17)7-10/h3-4,7,9,13,15H,5-6,8H2,1-2H3,(H,18,19)/t13-,15+/m1/s1. The first-order valence-electron chi connectivity index (χ1n) is 6.95. The van der Waals surface area contributed by atoms with Gasteiger partial charge in [0.1, 0.15) is 6.10 Å². The molecule has 0 aliphatic carbocycles. The van der Waals surface area contributed by atoms with Crippen LogP contribution in [-0.2, 0) is 9.53 Å². The van der Waals surface area contributed by atoms with E-state index in [0.717, 1.165) is 12.1 Å². The molecule has 1 heterocycles. The van der Waals surface area contributed by atoms with Gasteiger partial charge in [-0.25, -0.2) is 8.78 Å². The molecule has 2 rings (SSSR count). The van der Waals surface area contributed by atoms with E-state index < -0.39 is 17.7 Å². The predicted octanol–water partition coefficient (Wildman–Crippen LogP) is 3.05. The van der Waals surface area contributed by atoms with Crippen molar-refractivity contribution < 1.29 is 18.3 Å². The van der Waals surface area contributed by atoms with Crippen molar-refractivity contribution in [3.8, 4) is 0 Å². The Bertz CT molecular complexity index is 510. The van der Waals surface area contributed by atoms with Crippen molar-refractivity contribution >= 4 is 17.7 Å². The van der Waals surface area contributed by atoms with Crippen molar-refractivity contribution in [1.29, 1.82) is 0 Å². The summed E-state index contributed by atoms with van der Waals surface area (Å²) in [5, 5.41) is 3.30. The molecule has 1 saturated heterocycles. The van der Waals surface area contributed by atoms with Crippen LogP contribution in [0.1, 0.15) is 31.9 Å². The molecule has 116 valence electrons. The van der Waals surface area contributed by atoms with Crippen molar-refractivity contribution in [2.75, 3.05) is 12.4 Å². The molecule has 0 spiro atoms. The highest BCUT2D eigenvalue weighted by atomic mass is 32.2. The maximum atomic E-state index is 13.3. The molecule has 1 aliphatic heterocycles. The Kier molecular flexibility index (Phi) is 5.58. The summed E-state index contributed by atoms with van der Waals surface area (Å²) in [4.78, 5) is 11.9. The summed E-state index contributed by atoms with van der Waals surface area (Å²) in [6.07, 6.45) is 0.245. The number of ether oxygens (including phenoxy) is 1. The van der Waals surface area contributed by atoms with E-state index in [-0.39, 0.29) is 11.9 Å². The third kappa shape index (κ3) is 4.41. The number of rotatable bonds is 5. The number of amides is 1. The molecule has 1 aromatic carbocycles. The molecule has 6 heteroatoms. The van der Waals surface area contributed by atoms with E-state index >= 15 is 0 Å². The first-order chi connectivity index (χ1) is 9.97. The van der Waals surface area contributed by atoms with E-state index in [2.05, 4.69) is 5.32 Å². The van der Waals surface area contributed by atoms with Crippen molar-refractivity contribution in [3.05, 3.63) is 35.4 Å². The average molecular weight is 315 g/mol. The van der Waals surface area contributed by atoms with Gasteiger partial charge < -0.3 is 10.1 Å². The highest BCUT2D eigenvalue weighted by Gasteiger charge is 2.31. The van der Waals surface area contributed by atoms with Gasteiger partial charge in [0.25, 0.3) is 0 Å². The summed E-state index contributed by atoms with van der Waals surface area (Å²) < 4.78 is 31.9. The smallest absolute Gasteiger partial charge is 0.230 e. The third-order valence-electron chi connectivity index (χ3n) is 3.26. The van der Waals surface area contributed by atoms with Crippen LogP contribution < -0.4 is 5.32 Å². The lowest BCUT2D eigenvalue weighted by Gasteiger charge is -2.20. The Morgan fingerprint density at radius 3 is 2.86 bits per heavy atom. The third-order valence-corrected chi connectivity index (χ3v) is 4.35. The van der Waals surface area contributed by atoms with Gasteiger partial charge in [0.15, 0.2) is 11.6 Å². The van der Waals surface area contributed by atoms with Gasteiger partial charge in [0.05, 0.1) is 11.8 Å². The van der Waals surface area contributed by atoms with Crippen LogP contribution in [0.5, 0.6) is 0 Å². The minimum Gasteiger partial charge on any atom is -0.371 e. The maximum Gasteiger partial charge on any atom is 0.230 e. The number of benzene rings is 1. The zero-order valence-electron chi connectivity index (χ0n) is 12.1. The summed E-state index contributed by atoms with van der Waals surface area (Å²) in [6, 6.07) is 3.51. The fourth-order valence-corrected chi connectivity index (χ4v) is 2.81. The van der Waals surface area contributed by atoms with Crippen LogP contribution in [0.3, 0.4) is 0 Å². The number of halogens is 2. The summed E-state index contributed by atoms with van der Waals surface area (Å²) in [7, 11) is 0. The first-order valence-corrected chi connectivity index (χ1v) is 7.99. The zero-order chi connectivity index (χ0) is 15.4. The lowest BCUT2D eigenvalue weighted by Crippen LogP contribution is -2.38. The Morgan fingerprint density at radius 2 is 2.19 bits per heavy atom. The molecule has 1 amide bonds. The molecule has 2 atom stereocenters. The van der Waals surface area contributed by atoms with Gasteiger partial charge in [-0.1, -0.05) is 19.9 Å². The molecule has 0 radical (unpaired) electrons. The normalized spacial score (nSPS) is 21.8. The van der Waals surface area contributed by atoms with Crippen LogP contribution >= 0.6 is 11.8 Å². The van der Waals surface area contributed by atoms with E-state index in [4.69, 9.17) is 4.74 Å². The average Bonchev–Trinajstić information content (AvgIpc) is 2.87. The summed E-state index contributed by atoms with van der Waals surface area (Å²) in [6.45, 7) is 4.55. The molecule has 1 aromatic rings. The van der Waals surface area contributed by atoms with Crippen molar-refractivity contribution in [3.63, 3.8) is 0 Å². The van der Waals surface area contributed by atoms with Crippen molar-refractivity contribution in [2.24, 2.45) is 0 Å². The van der Waals surface area contributed by atoms with Crippen LogP contribution in [-0.4, -0.2) is 29.6 Å². The number of hydrogen-bond donors (Lipinski definition) is 1. The Balaban J connectivity index is 1.99. The van der Waals surface area contributed by atoms with E-state index in [1.165, 1.54) is 6.07 Å². The molecular weight excluding hydrogens is 296 g/mol. The second-order valence-electron chi connectivity index (χ2n) is 5.29. The van der Waals surface area contributed by atoms with E-state index in [0.29, 0.717) is 29.6 Å². The summed E-state index contributed by atoms with van der Waals surface area (Å²) in [5.41, 5.74) is 0.549. The molecular formula is C15H19F2NO2S. The largest absolute Gasteiger partial charge is 0.371 e. The lowest BCUT2D eigenvalue weighted by atomic mass is 10.0. The SMILES string of the molecule is CC(C)SCC(=O)N[C@@H]1CCO[C@H]1c1ccc(F)c(F)c1. The Labute approximate surface area is 127 Å². The highest BCUT2D eigenvalue weighted by molar-refractivity contribution is 8.00. The van der Waals surface area contributed by atoms with Crippen LogP contribution in [0.25, 0.3) is 0 Å². The number of thioether (sulfide) groups is 1. The van der Waals surface area contributed by atoms with Gasteiger partial charge in [-0.2, -0.15) is 0 Å². The second kappa shape index (κ2) is 7.22. The quantitative estimate of drug-likeness (QED) is 0.907. The number of nitrogens with one attached hydrogen (secondary N) is 1. The second-order valence-corrected chi connectivity index (χ2v) is 6.85. The zero-order valence-corrected chi connectivity index (χ0v) is 12.9. The molecule has 0 bridgehead atoms.